The summed E-state index contributed by atoms with van der Waals surface area (Å²) < 4.78 is 17.6. The molecule has 3 heterocycles. The minimum atomic E-state index is -1.43. The van der Waals surface area contributed by atoms with Gasteiger partial charge in [0.2, 0.25) is 0 Å². The fourth-order valence-corrected chi connectivity index (χ4v) is 7.91. The molecule has 0 aromatic heterocycles. The van der Waals surface area contributed by atoms with Gasteiger partial charge in [0.1, 0.15) is 12.7 Å². The van der Waals surface area contributed by atoms with Gasteiger partial charge < -0.3 is 19.3 Å². The van der Waals surface area contributed by atoms with E-state index in [0.29, 0.717) is 6.42 Å². The van der Waals surface area contributed by atoms with Crippen molar-refractivity contribution in [3.63, 3.8) is 0 Å². The molecule has 0 aromatic carbocycles. The molecular formula is C17H20Cl2O6. The molecule has 3 saturated heterocycles. The highest BCUT2D eigenvalue weighted by Crippen LogP contribution is 2.85. The molecule has 3 aliphatic heterocycles. The molecule has 1 unspecified atom stereocenters. The fourth-order valence-electron chi connectivity index (χ4n) is 6.89. The maximum Gasteiger partial charge on any atom is 0.339 e. The number of carbonyl (C=O) groups excluding carboxylic acids is 2. The lowest BCUT2D eigenvalue weighted by molar-refractivity contribution is -0.200. The SMILES string of the molecule is CC(C)(C)[C@]12C[C@H]3OC(=O)[C@@]4(C[C@@H](Cl)[C@H](Cl)C34[C@@]13COC(=O)[C@@H]3O)O2. The lowest BCUT2D eigenvalue weighted by atomic mass is 9.52. The van der Waals surface area contributed by atoms with Crippen LogP contribution in [0, 0.1) is 16.2 Å². The van der Waals surface area contributed by atoms with Crippen LogP contribution in [0.3, 0.4) is 0 Å². The highest BCUT2D eigenvalue weighted by Gasteiger charge is 2.99. The van der Waals surface area contributed by atoms with Crippen LogP contribution in [0.5, 0.6) is 0 Å². The molecule has 2 bridgehead atoms. The third kappa shape index (κ3) is 1.23. The topological polar surface area (TPSA) is 82.1 Å². The summed E-state index contributed by atoms with van der Waals surface area (Å²) in [6.07, 6.45) is -1.41. The zero-order valence-corrected chi connectivity index (χ0v) is 15.7. The Morgan fingerprint density at radius 2 is 1.88 bits per heavy atom. The van der Waals surface area contributed by atoms with Crippen LogP contribution in [0.15, 0.2) is 0 Å². The predicted octanol–water partition coefficient (Wildman–Crippen LogP) is 1.38. The summed E-state index contributed by atoms with van der Waals surface area (Å²) in [4.78, 5) is 25.2. The van der Waals surface area contributed by atoms with Gasteiger partial charge in [0.05, 0.1) is 27.2 Å². The smallest absolute Gasteiger partial charge is 0.339 e. The normalized spacial score (nSPS) is 58.8. The highest BCUT2D eigenvalue weighted by molar-refractivity contribution is 6.32. The van der Waals surface area contributed by atoms with Gasteiger partial charge in [-0.05, 0) is 5.41 Å². The number of esters is 2. The van der Waals surface area contributed by atoms with Gasteiger partial charge in [-0.2, -0.15) is 0 Å². The van der Waals surface area contributed by atoms with Gasteiger partial charge >= 0.3 is 11.9 Å². The molecule has 2 aliphatic carbocycles. The molecule has 0 aromatic rings. The average molecular weight is 391 g/mol. The number of ether oxygens (including phenoxy) is 3. The molecule has 1 N–H and O–H groups in total. The number of rotatable bonds is 0. The first-order valence-electron chi connectivity index (χ1n) is 8.56. The standard InChI is InChI=1S/C17H20Cl2O6/c1-13(2,3)16-5-8-17(14(16)6-23-11(21)10(14)20)9(19)7(18)4-15(17,25-16)12(22)24-8/h7-10,20H,4-6H2,1-3H3/t7-,8-,9+,10+,14-,15-,16-,17?/m1/s1. The Bertz CT molecular complexity index is 720. The Hall–Kier alpha value is -0.560. The number of hydrogen-bond donors (Lipinski definition) is 1. The van der Waals surface area contributed by atoms with Gasteiger partial charge in [0, 0.05) is 12.8 Å². The van der Waals surface area contributed by atoms with E-state index in [-0.39, 0.29) is 13.0 Å². The first-order chi connectivity index (χ1) is 11.5. The average Bonchev–Trinajstić information content (AvgIpc) is 3.13. The molecule has 5 rings (SSSR count). The van der Waals surface area contributed by atoms with Crippen molar-refractivity contribution < 1.29 is 28.9 Å². The molecule has 138 valence electrons. The van der Waals surface area contributed by atoms with Crippen LogP contribution in [-0.4, -0.2) is 57.8 Å². The molecular weight excluding hydrogens is 371 g/mol. The van der Waals surface area contributed by atoms with Crippen LogP contribution in [0.1, 0.15) is 33.6 Å². The second kappa shape index (κ2) is 4.13. The van der Waals surface area contributed by atoms with Gasteiger partial charge in [-0.3, -0.25) is 0 Å². The summed E-state index contributed by atoms with van der Waals surface area (Å²) in [6.45, 7) is 5.89. The summed E-state index contributed by atoms with van der Waals surface area (Å²) in [5, 5.41) is 9.83. The van der Waals surface area contributed by atoms with Crippen molar-refractivity contribution in [1.29, 1.82) is 0 Å². The van der Waals surface area contributed by atoms with E-state index in [1.807, 2.05) is 20.8 Å². The van der Waals surface area contributed by atoms with Crippen molar-refractivity contribution in [2.24, 2.45) is 16.2 Å². The van der Waals surface area contributed by atoms with Crippen LogP contribution in [-0.2, 0) is 23.8 Å². The Balaban J connectivity index is 1.89. The van der Waals surface area contributed by atoms with Gasteiger partial charge in [0.25, 0.3) is 0 Å². The summed E-state index contributed by atoms with van der Waals surface area (Å²) in [5.41, 5.74) is -5.05. The summed E-state index contributed by atoms with van der Waals surface area (Å²) in [6, 6.07) is 0. The third-order valence-electron chi connectivity index (χ3n) is 7.61. The minimum Gasteiger partial charge on any atom is -0.463 e. The second-order valence-electron chi connectivity index (χ2n) is 9.08. The molecule has 2 spiro atoms. The van der Waals surface area contributed by atoms with E-state index in [4.69, 9.17) is 37.4 Å². The maximum atomic E-state index is 12.9. The summed E-state index contributed by atoms with van der Waals surface area (Å²) in [7, 11) is 0. The third-order valence-corrected chi connectivity index (χ3v) is 8.80. The number of hydrogen-bond acceptors (Lipinski definition) is 6. The van der Waals surface area contributed by atoms with Crippen molar-refractivity contribution in [2.75, 3.05) is 6.61 Å². The van der Waals surface area contributed by atoms with Crippen LogP contribution < -0.4 is 0 Å². The van der Waals surface area contributed by atoms with E-state index in [9.17, 15) is 14.7 Å². The monoisotopic (exact) mass is 390 g/mol. The molecule has 0 amide bonds. The van der Waals surface area contributed by atoms with Crippen LogP contribution in [0.2, 0.25) is 0 Å². The molecule has 0 radical (unpaired) electrons. The predicted molar refractivity (Wildman–Crippen MR) is 86.2 cm³/mol. The number of alkyl halides is 2. The number of aliphatic hydroxyl groups excluding tert-OH is 1. The largest absolute Gasteiger partial charge is 0.463 e. The Morgan fingerprint density at radius 3 is 2.44 bits per heavy atom. The molecule has 8 heteroatoms. The molecule has 25 heavy (non-hydrogen) atoms. The lowest BCUT2D eigenvalue weighted by Crippen LogP contribution is -2.62. The first kappa shape index (κ1) is 16.6. The van der Waals surface area contributed by atoms with Crippen LogP contribution in [0.4, 0.5) is 0 Å². The quantitative estimate of drug-likeness (QED) is 0.496. The van der Waals surface area contributed by atoms with Crippen molar-refractivity contribution >= 4 is 35.1 Å². The van der Waals surface area contributed by atoms with E-state index in [0.717, 1.165) is 0 Å². The second-order valence-corrected chi connectivity index (χ2v) is 10.1. The minimum absolute atomic E-state index is 0.0496. The Kier molecular flexibility index (Phi) is 2.74. The zero-order chi connectivity index (χ0) is 18.2. The van der Waals surface area contributed by atoms with E-state index >= 15 is 0 Å². The van der Waals surface area contributed by atoms with Crippen molar-refractivity contribution in [3.8, 4) is 0 Å². The van der Waals surface area contributed by atoms with E-state index < -0.39 is 62.3 Å². The zero-order valence-electron chi connectivity index (χ0n) is 14.2. The van der Waals surface area contributed by atoms with Crippen LogP contribution in [0.25, 0.3) is 0 Å². The molecule has 5 aliphatic rings. The van der Waals surface area contributed by atoms with Gasteiger partial charge in [-0.25, -0.2) is 9.59 Å². The highest BCUT2D eigenvalue weighted by atomic mass is 35.5. The maximum absolute atomic E-state index is 12.9. The summed E-state index contributed by atoms with van der Waals surface area (Å²) in [5.74, 6) is -1.19. The molecule has 5 fully saturated rings. The van der Waals surface area contributed by atoms with E-state index in [1.54, 1.807) is 0 Å². The molecule has 2 saturated carbocycles. The number of cyclic esters (lactones) is 1. The van der Waals surface area contributed by atoms with Crippen molar-refractivity contribution in [3.05, 3.63) is 0 Å². The van der Waals surface area contributed by atoms with E-state index in [2.05, 4.69) is 0 Å². The molecule has 6 nitrogen and oxygen atoms in total. The van der Waals surface area contributed by atoms with E-state index in [1.165, 1.54) is 0 Å². The number of halogens is 2. The number of carbonyl (C=O) groups is 2. The van der Waals surface area contributed by atoms with Crippen molar-refractivity contribution in [2.45, 2.75) is 67.8 Å². The van der Waals surface area contributed by atoms with Gasteiger partial charge in [0.15, 0.2) is 11.7 Å². The Labute approximate surface area is 155 Å². The molecule has 8 atom stereocenters. The fraction of sp³-hybridized carbons (Fsp3) is 0.882. The van der Waals surface area contributed by atoms with Crippen LogP contribution >= 0.6 is 23.2 Å². The van der Waals surface area contributed by atoms with Gasteiger partial charge in [-0.1, -0.05) is 20.8 Å². The number of aliphatic hydroxyl groups is 1. The first-order valence-corrected chi connectivity index (χ1v) is 9.43. The van der Waals surface area contributed by atoms with Gasteiger partial charge in [-0.15, -0.1) is 23.2 Å². The Morgan fingerprint density at radius 1 is 1.20 bits per heavy atom. The summed E-state index contributed by atoms with van der Waals surface area (Å²) >= 11 is 13.3. The lowest BCUT2D eigenvalue weighted by Gasteiger charge is -2.49. The van der Waals surface area contributed by atoms with Crippen molar-refractivity contribution in [1.82, 2.24) is 0 Å².